The van der Waals surface area contributed by atoms with Gasteiger partial charge in [-0.3, -0.25) is 4.79 Å². The average molecular weight is 423 g/mol. The van der Waals surface area contributed by atoms with Gasteiger partial charge in [-0.05, 0) is 62.6 Å². The van der Waals surface area contributed by atoms with E-state index in [-0.39, 0.29) is 12.6 Å². The fourth-order valence-corrected chi connectivity index (χ4v) is 3.91. The van der Waals surface area contributed by atoms with Gasteiger partial charge in [0, 0.05) is 6.42 Å². The minimum absolute atomic E-state index is 0.189. The van der Waals surface area contributed by atoms with E-state index in [1.165, 1.54) is 4.70 Å². The molecule has 0 bridgehead atoms. The second kappa shape index (κ2) is 9.49. The van der Waals surface area contributed by atoms with Gasteiger partial charge in [0.2, 0.25) is 0 Å². The Morgan fingerprint density at radius 3 is 2.60 bits per heavy atom. The molecule has 0 spiro atoms. The first kappa shape index (κ1) is 20.0. The predicted octanol–water partition coefficient (Wildman–Crippen LogP) is 4.89. The molecule has 30 heavy (non-hydrogen) atoms. The van der Waals surface area contributed by atoms with Crippen LogP contribution in [0.2, 0.25) is 0 Å². The predicted molar refractivity (Wildman–Crippen MR) is 113 cm³/mol. The Morgan fingerprint density at radius 2 is 1.83 bits per heavy atom. The Hall–Kier alpha value is -3.26. The van der Waals surface area contributed by atoms with Crippen LogP contribution in [-0.4, -0.2) is 21.1 Å². The van der Waals surface area contributed by atoms with Crippen LogP contribution in [0.25, 0.3) is 10.2 Å². The minimum Gasteiger partial charge on any atom is -0.484 e. The molecule has 0 radical (unpaired) electrons. The molecule has 0 fully saturated rings. The molecule has 0 aliphatic carbocycles. The third kappa shape index (κ3) is 5.42. The molecule has 4 aromatic rings. The first-order valence-electron chi connectivity index (χ1n) is 9.73. The molecule has 2 aromatic carbocycles. The highest BCUT2D eigenvalue weighted by atomic mass is 32.1. The summed E-state index contributed by atoms with van der Waals surface area (Å²) in [4.78, 5) is 20.8. The highest BCUT2D eigenvalue weighted by molar-refractivity contribution is 7.18. The van der Waals surface area contributed by atoms with Crippen molar-refractivity contribution in [3.8, 4) is 11.5 Å². The maximum absolute atomic E-state index is 12.1. The minimum atomic E-state index is -0.241. The zero-order valence-corrected chi connectivity index (χ0v) is 17.4. The molecule has 8 heteroatoms. The zero-order valence-electron chi connectivity index (χ0n) is 16.5. The summed E-state index contributed by atoms with van der Waals surface area (Å²) in [6.45, 7) is 1.94. The van der Waals surface area contributed by atoms with E-state index in [0.29, 0.717) is 29.6 Å². The van der Waals surface area contributed by atoms with Crippen molar-refractivity contribution in [3.05, 3.63) is 65.3 Å². The monoisotopic (exact) mass is 423 g/mol. The Labute approximate surface area is 177 Å². The van der Waals surface area contributed by atoms with Crippen LogP contribution in [0.5, 0.6) is 11.5 Å². The van der Waals surface area contributed by atoms with Crippen LogP contribution in [0.4, 0.5) is 0 Å². The molecule has 154 valence electrons. The number of benzene rings is 2. The number of para-hydroxylation sites is 1. The van der Waals surface area contributed by atoms with E-state index in [4.69, 9.17) is 14.0 Å². The third-order valence-electron chi connectivity index (χ3n) is 4.35. The summed E-state index contributed by atoms with van der Waals surface area (Å²) in [6.07, 6.45) is 2.91. The summed E-state index contributed by atoms with van der Waals surface area (Å²) in [6, 6.07) is 15.0. The van der Waals surface area contributed by atoms with Crippen molar-refractivity contribution in [2.75, 3.05) is 0 Å². The molecule has 0 saturated heterocycles. The quantitative estimate of drug-likeness (QED) is 0.215. The number of fused-ring (bicyclic) bond motifs is 1. The van der Waals surface area contributed by atoms with Crippen molar-refractivity contribution in [2.45, 2.75) is 39.2 Å². The molecule has 0 amide bonds. The molecule has 0 aliphatic heterocycles. The van der Waals surface area contributed by atoms with Crippen LogP contribution < -0.4 is 9.47 Å². The lowest BCUT2D eigenvalue weighted by Crippen LogP contribution is -2.07. The number of nitrogens with zero attached hydrogens (tertiary/aromatic N) is 3. The van der Waals surface area contributed by atoms with Crippen molar-refractivity contribution in [3.63, 3.8) is 0 Å². The van der Waals surface area contributed by atoms with E-state index in [2.05, 4.69) is 21.2 Å². The van der Waals surface area contributed by atoms with Gasteiger partial charge in [0.15, 0.2) is 12.4 Å². The first-order chi connectivity index (χ1) is 14.7. The van der Waals surface area contributed by atoms with Gasteiger partial charge in [-0.1, -0.05) is 17.3 Å². The van der Waals surface area contributed by atoms with Gasteiger partial charge in [0.1, 0.15) is 11.5 Å². The third-order valence-corrected chi connectivity index (χ3v) is 5.44. The van der Waals surface area contributed by atoms with Gasteiger partial charge in [-0.2, -0.15) is 4.98 Å². The number of unbranched alkanes of at least 4 members (excludes halogenated alkanes) is 1. The van der Waals surface area contributed by atoms with Gasteiger partial charge in [-0.15, -0.1) is 11.3 Å². The fraction of sp³-hybridized carbons (Fsp3) is 0.273. The molecule has 0 unspecified atom stereocenters. The van der Waals surface area contributed by atoms with Crippen molar-refractivity contribution >= 4 is 27.5 Å². The Balaban J connectivity index is 1.17. The summed E-state index contributed by atoms with van der Waals surface area (Å²) < 4.78 is 17.1. The second-order valence-corrected chi connectivity index (χ2v) is 7.87. The molecule has 2 heterocycles. The Kier molecular flexibility index (Phi) is 6.34. The molecule has 0 N–H and O–H groups in total. The zero-order chi connectivity index (χ0) is 20.8. The van der Waals surface area contributed by atoms with Crippen LogP contribution in [-0.2, 0) is 17.8 Å². The lowest BCUT2D eigenvalue weighted by atomic mass is 10.2. The lowest BCUT2D eigenvalue weighted by Gasteiger charge is -2.06. The lowest BCUT2D eigenvalue weighted by molar-refractivity contribution is -0.134. The normalized spacial score (nSPS) is 11.0. The largest absolute Gasteiger partial charge is 0.484 e. The van der Waals surface area contributed by atoms with Gasteiger partial charge in [0.05, 0.1) is 15.2 Å². The highest BCUT2D eigenvalue weighted by Gasteiger charge is 2.08. The molecule has 0 atom stereocenters. The number of rotatable bonds is 9. The Bertz CT molecular complexity index is 1090. The number of carbonyl (C=O) groups is 1. The number of hydrogen-bond acceptors (Lipinski definition) is 8. The second-order valence-electron chi connectivity index (χ2n) is 6.75. The van der Waals surface area contributed by atoms with E-state index in [9.17, 15) is 4.79 Å². The van der Waals surface area contributed by atoms with Crippen LogP contribution in [0.15, 0.2) is 53.1 Å². The van der Waals surface area contributed by atoms with Crippen molar-refractivity contribution in [2.24, 2.45) is 0 Å². The number of esters is 1. The van der Waals surface area contributed by atoms with Crippen LogP contribution in [0.1, 0.15) is 36.0 Å². The number of hydrogen-bond donors (Lipinski definition) is 0. The molecule has 2 aromatic heterocycles. The molecule has 0 saturated carbocycles. The average Bonchev–Trinajstić information content (AvgIpc) is 3.36. The summed E-state index contributed by atoms with van der Waals surface area (Å²) in [5.41, 5.74) is 1.04. The maximum atomic E-state index is 12.1. The van der Waals surface area contributed by atoms with Crippen molar-refractivity contribution in [1.82, 2.24) is 15.1 Å². The van der Waals surface area contributed by atoms with Gasteiger partial charge in [0.25, 0.3) is 5.89 Å². The van der Waals surface area contributed by atoms with Crippen molar-refractivity contribution in [1.29, 1.82) is 0 Å². The van der Waals surface area contributed by atoms with E-state index < -0.39 is 0 Å². The number of ether oxygens (including phenoxy) is 2. The number of aromatic nitrogens is 3. The van der Waals surface area contributed by atoms with Crippen LogP contribution in [0, 0.1) is 6.92 Å². The van der Waals surface area contributed by atoms with E-state index in [1.807, 2.05) is 18.2 Å². The van der Waals surface area contributed by atoms with E-state index in [0.717, 1.165) is 29.8 Å². The van der Waals surface area contributed by atoms with Crippen LogP contribution >= 0.6 is 11.3 Å². The Morgan fingerprint density at radius 1 is 1.03 bits per heavy atom. The molecular weight excluding hydrogens is 402 g/mol. The fourth-order valence-electron chi connectivity index (χ4n) is 2.90. The maximum Gasteiger partial charge on any atom is 0.311 e. The smallest absolute Gasteiger partial charge is 0.311 e. The molecule has 7 nitrogen and oxygen atoms in total. The molecular formula is C22H21N3O4S. The SMILES string of the molecule is Cc1noc(COc2ccc(OC(=O)CCCCc3nc4ccccc4s3)cc2)n1. The standard InChI is InChI=1S/C22H21N3O4S/c1-15-23-20(29-25-15)14-27-16-10-12-17(13-11-16)28-22(26)9-5-4-8-21-24-18-6-2-3-7-19(18)30-21/h2-3,6-7,10-13H,4-5,8-9,14H2,1H3. The highest BCUT2D eigenvalue weighted by Crippen LogP contribution is 2.23. The summed E-state index contributed by atoms with van der Waals surface area (Å²) in [7, 11) is 0. The van der Waals surface area contributed by atoms with E-state index in [1.54, 1.807) is 42.5 Å². The number of aryl methyl sites for hydroxylation is 2. The van der Waals surface area contributed by atoms with Gasteiger partial charge >= 0.3 is 5.97 Å². The number of carbonyl (C=O) groups excluding carboxylic acids is 1. The van der Waals surface area contributed by atoms with Gasteiger partial charge in [-0.25, -0.2) is 4.98 Å². The molecule has 4 rings (SSSR count). The summed E-state index contributed by atoms with van der Waals surface area (Å²) in [5, 5.41) is 4.81. The van der Waals surface area contributed by atoms with Gasteiger partial charge < -0.3 is 14.0 Å². The van der Waals surface area contributed by atoms with Crippen molar-refractivity contribution < 1.29 is 18.8 Å². The summed E-state index contributed by atoms with van der Waals surface area (Å²) in [5.74, 6) is 1.85. The molecule has 0 aliphatic rings. The topological polar surface area (TPSA) is 87.3 Å². The van der Waals surface area contributed by atoms with Crippen LogP contribution in [0.3, 0.4) is 0 Å². The first-order valence-corrected chi connectivity index (χ1v) is 10.5. The summed E-state index contributed by atoms with van der Waals surface area (Å²) >= 11 is 1.71. The number of thiazole rings is 1. The van der Waals surface area contributed by atoms with E-state index >= 15 is 0 Å².